The summed E-state index contributed by atoms with van der Waals surface area (Å²) in [5.41, 5.74) is 1.78. The van der Waals surface area contributed by atoms with Crippen molar-refractivity contribution in [1.29, 1.82) is 0 Å². The van der Waals surface area contributed by atoms with Crippen molar-refractivity contribution in [3.05, 3.63) is 11.8 Å². The summed E-state index contributed by atoms with van der Waals surface area (Å²) in [6, 6.07) is 0. The monoisotopic (exact) mass is 106 g/mol. The number of nitrogens with zero attached hydrogens (tertiary/aromatic N) is 2. The summed E-state index contributed by atoms with van der Waals surface area (Å²) in [5, 5.41) is 3.91. The van der Waals surface area contributed by atoms with Crippen molar-refractivity contribution >= 4 is 13.4 Å². The van der Waals surface area contributed by atoms with Crippen LogP contribution in [0.25, 0.3) is 0 Å². The van der Waals surface area contributed by atoms with Crippen molar-refractivity contribution in [3.63, 3.8) is 0 Å². The Kier molecular flexibility index (Phi) is 1.12. The normalized spacial score (nSPS) is 9.75. The molecule has 1 aromatic rings. The molecule has 0 aromatic carbocycles. The molecule has 0 saturated heterocycles. The minimum absolute atomic E-state index is 0.741. The van der Waals surface area contributed by atoms with Gasteiger partial charge in [-0.15, -0.1) is 0 Å². The van der Waals surface area contributed by atoms with Crippen LogP contribution >= 0.6 is 0 Å². The van der Waals surface area contributed by atoms with Gasteiger partial charge in [-0.05, 0) is 18.1 Å². The number of hydrogen-bond donors (Lipinski definition) is 0. The van der Waals surface area contributed by atoms with Gasteiger partial charge in [-0.2, -0.15) is 5.10 Å². The van der Waals surface area contributed by atoms with Crippen molar-refractivity contribution in [2.45, 2.75) is 6.92 Å². The van der Waals surface area contributed by atoms with Crippen LogP contribution in [0, 0.1) is 6.92 Å². The zero-order valence-corrected chi connectivity index (χ0v) is 5.05. The van der Waals surface area contributed by atoms with Crippen LogP contribution in [-0.4, -0.2) is 17.6 Å². The van der Waals surface area contributed by atoms with Gasteiger partial charge in [0, 0.05) is 7.05 Å². The standard InChI is InChI=1S/C5H7BN2/c1-4-3-7-8(2)5(4)6/h3H,1-2H3. The quantitative estimate of drug-likeness (QED) is 0.408. The molecule has 0 aliphatic heterocycles. The van der Waals surface area contributed by atoms with E-state index in [2.05, 4.69) is 5.10 Å². The Morgan fingerprint density at radius 2 is 2.38 bits per heavy atom. The lowest BCUT2D eigenvalue weighted by atomic mass is 10.0. The summed E-state index contributed by atoms with van der Waals surface area (Å²) in [4.78, 5) is 0. The van der Waals surface area contributed by atoms with E-state index in [1.165, 1.54) is 0 Å². The fraction of sp³-hybridized carbons (Fsp3) is 0.400. The van der Waals surface area contributed by atoms with E-state index in [1.54, 1.807) is 10.9 Å². The maximum absolute atomic E-state index is 5.50. The van der Waals surface area contributed by atoms with Crippen LogP contribution in [0.4, 0.5) is 0 Å². The third kappa shape index (κ3) is 0.640. The van der Waals surface area contributed by atoms with Gasteiger partial charge in [0.15, 0.2) is 0 Å². The highest BCUT2D eigenvalue weighted by Gasteiger charge is 1.93. The molecule has 0 atom stereocenters. The molecular weight excluding hydrogens is 98.9 g/mol. The Morgan fingerprint density at radius 1 is 1.75 bits per heavy atom. The molecule has 40 valence electrons. The van der Waals surface area contributed by atoms with E-state index < -0.39 is 0 Å². The lowest BCUT2D eigenvalue weighted by Crippen LogP contribution is -2.16. The SMILES string of the molecule is [B]c1c(C)cnn1C. The van der Waals surface area contributed by atoms with Crippen LogP contribution in [0.5, 0.6) is 0 Å². The van der Waals surface area contributed by atoms with Gasteiger partial charge < -0.3 is 0 Å². The molecule has 1 rings (SSSR count). The van der Waals surface area contributed by atoms with Crippen molar-refractivity contribution < 1.29 is 0 Å². The zero-order chi connectivity index (χ0) is 6.15. The van der Waals surface area contributed by atoms with Crippen molar-refractivity contribution in [2.75, 3.05) is 0 Å². The molecule has 0 N–H and O–H groups in total. The van der Waals surface area contributed by atoms with Gasteiger partial charge >= 0.3 is 0 Å². The molecule has 2 radical (unpaired) electrons. The first-order valence-electron chi connectivity index (χ1n) is 2.46. The van der Waals surface area contributed by atoms with Crippen molar-refractivity contribution in [2.24, 2.45) is 7.05 Å². The highest BCUT2D eigenvalue weighted by Crippen LogP contribution is 1.84. The van der Waals surface area contributed by atoms with E-state index in [1.807, 2.05) is 14.0 Å². The van der Waals surface area contributed by atoms with E-state index in [9.17, 15) is 0 Å². The first-order chi connectivity index (χ1) is 3.72. The molecule has 0 amide bonds. The molecule has 0 fully saturated rings. The number of aryl methyl sites for hydroxylation is 2. The maximum Gasteiger partial charge on any atom is 0.141 e. The minimum atomic E-state index is 0.741. The highest BCUT2D eigenvalue weighted by atomic mass is 15.2. The second kappa shape index (κ2) is 1.65. The molecule has 0 unspecified atom stereocenters. The van der Waals surface area contributed by atoms with Crippen molar-refractivity contribution in [3.8, 4) is 0 Å². The lowest BCUT2D eigenvalue weighted by Gasteiger charge is -1.91. The Hall–Kier alpha value is -0.725. The molecule has 0 aliphatic carbocycles. The molecule has 0 saturated carbocycles. The Balaban J connectivity index is 3.19. The smallest absolute Gasteiger partial charge is 0.141 e. The average Bonchev–Trinajstić information content (AvgIpc) is 1.98. The predicted octanol–water partition coefficient (Wildman–Crippen LogP) is -0.478. The van der Waals surface area contributed by atoms with Crippen LogP contribution in [0.1, 0.15) is 5.56 Å². The number of aromatic nitrogens is 2. The first-order valence-corrected chi connectivity index (χ1v) is 2.46. The van der Waals surface area contributed by atoms with E-state index in [0.29, 0.717) is 0 Å². The van der Waals surface area contributed by atoms with Crippen LogP contribution in [0.2, 0.25) is 0 Å². The summed E-state index contributed by atoms with van der Waals surface area (Å²) in [5.74, 6) is 0. The highest BCUT2D eigenvalue weighted by molar-refractivity contribution is 6.31. The molecule has 0 aliphatic rings. The van der Waals surface area contributed by atoms with Gasteiger partial charge in [-0.3, -0.25) is 4.68 Å². The van der Waals surface area contributed by atoms with E-state index in [4.69, 9.17) is 7.85 Å². The Labute approximate surface area is 49.9 Å². The molecular formula is C5H7BN2. The van der Waals surface area contributed by atoms with Crippen molar-refractivity contribution in [1.82, 2.24) is 9.78 Å². The van der Waals surface area contributed by atoms with E-state index in [-0.39, 0.29) is 0 Å². The summed E-state index contributed by atoms with van der Waals surface area (Å²) in [6.07, 6.45) is 1.75. The van der Waals surface area contributed by atoms with Gasteiger partial charge in [-0.1, -0.05) is 0 Å². The molecule has 0 spiro atoms. The minimum Gasteiger partial charge on any atom is -0.283 e. The van der Waals surface area contributed by atoms with E-state index >= 15 is 0 Å². The van der Waals surface area contributed by atoms with Gasteiger partial charge in [-0.25, -0.2) is 0 Å². The zero-order valence-electron chi connectivity index (χ0n) is 5.05. The van der Waals surface area contributed by atoms with Crippen LogP contribution in [-0.2, 0) is 7.05 Å². The topological polar surface area (TPSA) is 17.8 Å². The number of rotatable bonds is 0. The van der Waals surface area contributed by atoms with Gasteiger partial charge in [0.2, 0.25) is 0 Å². The summed E-state index contributed by atoms with van der Waals surface area (Å²) in [6.45, 7) is 1.93. The second-order valence-corrected chi connectivity index (χ2v) is 1.84. The van der Waals surface area contributed by atoms with Gasteiger partial charge in [0.25, 0.3) is 0 Å². The Bertz CT molecular complexity index is 173. The predicted molar refractivity (Wildman–Crippen MR) is 33.3 cm³/mol. The number of hydrogen-bond acceptors (Lipinski definition) is 1. The molecule has 1 aromatic heterocycles. The molecule has 8 heavy (non-hydrogen) atoms. The van der Waals surface area contributed by atoms with Gasteiger partial charge in [0.1, 0.15) is 7.85 Å². The Morgan fingerprint density at radius 3 is 2.50 bits per heavy atom. The fourth-order valence-corrected chi connectivity index (χ4v) is 0.557. The summed E-state index contributed by atoms with van der Waals surface area (Å²) < 4.78 is 1.65. The summed E-state index contributed by atoms with van der Waals surface area (Å²) >= 11 is 0. The molecule has 0 bridgehead atoms. The fourth-order valence-electron chi connectivity index (χ4n) is 0.557. The average molecular weight is 106 g/mol. The molecule has 3 heteroatoms. The molecule has 1 heterocycles. The van der Waals surface area contributed by atoms with Crippen LogP contribution in [0.3, 0.4) is 0 Å². The second-order valence-electron chi connectivity index (χ2n) is 1.84. The van der Waals surface area contributed by atoms with E-state index in [0.717, 1.165) is 11.2 Å². The first kappa shape index (κ1) is 5.41. The molecule has 2 nitrogen and oxygen atoms in total. The van der Waals surface area contributed by atoms with Gasteiger partial charge in [0.05, 0.1) is 6.20 Å². The van der Waals surface area contributed by atoms with Crippen LogP contribution < -0.4 is 5.59 Å². The van der Waals surface area contributed by atoms with Crippen LogP contribution in [0.15, 0.2) is 6.20 Å². The summed E-state index contributed by atoms with van der Waals surface area (Å²) in [7, 11) is 7.32. The lowest BCUT2D eigenvalue weighted by molar-refractivity contribution is 0.789. The maximum atomic E-state index is 5.50. The third-order valence-electron chi connectivity index (χ3n) is 1.18. The third-order valence-corrected chi connectivity index (χ3v) is 1.18. The largest absolute Gasteiger partial charge is 0.283 e.